The van der Waals surface area contributed by atoms with Gasteiger partial charge in [-0.3, -0.25) is 0 Å². The van der Waals surface area contributed by atoms with Crippen molar-refractivity contribution in [2.24, 2.45) is 23.7 Å². The van der Waals surface area contributed by atoms with Crippen molar-refractivity contribution in [1.29, 1.82) is 0 Å². The lowest BCUT2D eigenvalue weighted by Gasteiger charge is -2.37. The first kappa shape index (κ1) is 19.5. The molecular formula is C20H30F4. The van der Waals surface area contributed by atoms with Gasteiger partial charge in [0, 0.05) is 5.92 Å². The third-order valence-electron chi connectivity index (χ3n) is 6.00. The first-order valence-corrected chi connectivity index (χ1v) is 9.45. The predicted octanol–water partition coefficient (Wildman–Crippen LogP) is 7.37. The molecule has 0 aliphatic heterocycles. The third-order valence-corrected chi connectivity index (χ3v) is 6.00. The van der Waals surface area contributed by atoms with E-state index in [2.05, 4.69) is 19.1 Å². The highest BCUT2D eigenvalue weighted by molar-refractivity contribution is 5.03. The molecule has 0 spiro atoms. The Morgan fingerprint density at radius 2 is 1.46 bits per heavy atom. The van der Waals surface area contributed by atoms with E-state index in [-0.39, 0.29) is 6.08 Å². The van der Waals surface area contributed by atoms with E-state index < -0.39 is 17.9 Å². The fraction of sp³-hybridized carbons (Fsp3) is 0.800. The minimum absolute atomic E-state index is 0.145. The minimum Gasteiger partial charge on any atom is -0.212 e. The fourth-order valence-corrected chi connectivity index (χ4v) is 4.59. The summed E-state index contributed by atoms with van der Waals surface area (Å²) in [6, 6.07) is 0. The van der Waals surface area contributed by atoms with Crippen LogP contribution in [0.1, 0.15) is 71.1 Å². The van der Waals surface area contributed by atoms with Gasteiger partial charge in [-0.05, 0) is 76.0 Å². The molecule has 0 aromatic rings. The monoisotopic (exact) mass is 346 g/mol. The first-order valence-electron chi connectivity index (χ1n) is 9.45. The van der Waals surface area contributed by atoms with Crippen LogP contribution in [0.15, 0.2) is 24.1 Å². The first-order chi connectivity index (χ1) is 11.4. The number of hydrogen-bond acceptors (Lipinski definition) is 0. The summed E-state index contributed by atoms with van der Waals surface area (Å²) >= 11 is 0. The number of halogens is 4. The molecule has 0 saturated heterocycles. The van der Waals surface area contributed by atoms with Gasteiger partial charge in [-0.1, -0.05) is 25.0 Å². The van der Waals surface area contributed by atoms with Gasteiger partial charge in [0.1, 0.15) is 5.83 Å². The fourth-order valence-electron chi connectivity index (χ4n) is 4.59. The molecular weight excluding hydrogens is 316 g/mol. The van der Waals surface area contributed by atoms with Gasteiger partial charge in [0.15, 0.2) is 0 Å². The van der Waals surface area contributed by atoms with Crippen LogP contribution in [0.25, 0.3) is 0 Å². The SMILES string of the molecule is C/C=C/CCC1CCC(C2CCC(/C(F)=C/C(F)(F)F)CC2)CC1. The highest BCUT2D eigenvalue weighted by Crippen LogP contribution is 2.44. The van der Waals surface area contributed by atoms with E-state index in [0.29, 0.717) is 24.7 Å². The minimum atomic E-state index is -4.54. The molecule has 4 heteroatoms. The summed E-state index contributed by atoms with van der Waals surface area (Å²) in [6.45, 7) is 2.06. The number of allylic oxidation sites excluding steroid dienone is 4. The van der Waals surface area contributed by atoms with Crippen LogP contribution in [-0.4, -0.2) is 6.18 Å². The van der Waals surface area contributed by atoms with Crippen LogP contribution in [-0.2, 0) is 0 Å². The highest BCUT2D eigenvalue weighted by atomic mass is 19.4. The van der Waals surface area contributed by atoms with E-state index in [9.17, 15) is 17.6 Å². The smallest absolute Gasteiger partial charge is 0.212 e. The zero-order valence-electron chi connectivity index (χ0n) is 14.6. The van der Waals surface area contributed by atoms with Crippen LogP contribution >= 0.6 is 0 Å². The molecule has 0 aromatic heterocycles. The van der Waals surface area contributed by atoms with Crippen molar-refractivity contribution in [2.45, 2.75) is 77.3 Å². The Labute approximate surface area is 143 Å². The van der Waals surface area contributed by atoms with Gasteiger partial charge in [-0.15, -0.1) is 0 Å². The maximum Gasteiger partial charge on any atom is 0.412 e. The maximum atomic E-state index is 13.7. The zero-order chi connectivity index (χ0) is 17.6. The van der Waals surface area contributed by atoms with Crippen LogP contribution in [0.5, 0.6) is 0 Å². The Morgan fingerprint density at radius 1 is 0.917 bits per heavy atom. The average molecular weight is 346 g/mol. The van der Waals surface area contributed by atoms with Gasteiger partial charge in [0.25, 0.3) is 0 Å². The second kappa shape index (κ2) is 9.05. The van der Waals surface area contributed by atoms with Crippen molar-refractivity contribution in [3.8, 4) is 0 Å². The molecule has 0 atom stereocenters. The maximum absolute atomic E-state index is 13.7. The molecule has 0 heterocycles. The van der Waals surface area contributed by atoms with Gasteiger partial charge in [-0.25, -0.2) is 4.39 Å². The summed E-state index contributed by atoms with van der Waals surface area (Å²) in [5.41, 5.74) is 0. The van der Waals surface area contributed by atoms with Crippen LogP contribution in [0.2, 0.25) is 0 Å². The van der Waals surface area contributed by atoms with E-state index in [1.165, 1.54) is 38.5 Å². The summed E-state index contributed by atoms with van der Waals surface area (Å²) in [6.07, 6.45) is 10.1. The Balaban J connectivity index is 1.73. The van der Waals surface area contributed by atoms with Gasteiger partial charge >= 0.3 is 6.18 Å². The van der Waals surface area contributed by atoms with Crippen molar-refractivity contribution < 1.29 is 17.6 Å². The van der Waals surface area contributed by atoms with E-state index in [1.54, 1.807) is 0 Å². The van der Waals surface area contributed by atoms with E-state index in [1.807, 2.05) is 0 Å². The van der Waals surface area contributed by atoms with Crippen molar-refractivity contribution in [1.82, 2.24) is 0 Å². The Kier molecular flexibility index (Phi) is 7.36. The third kappa shape index (κ3) is 6.25. The van der Waals surface area contributed by atoms with Gasteiger partial charge in [0.05, 0.1) is 6.08 Å². The van der Waals surface area contributed by atoms with Crippen LogP contribution in [0.3, 0.4) is 0 Å². The lowest BCUT2D eigenvalue weighted by atomic mass is 9.68. The molecule has 2 aliphatic rings. The molecule has 0 unspecified atom stereocenters. The molecule has 2 aliphatic carbocycles. The predicted molar refractivity (Wildman–Crippen MR) is 90.2 cm³/mol. The Hall–Kier alpha value is -0.800. The van der Waals surface area contributed by atoms with Gasteiger partial charge in [0.2, 0.25) is 0 Å². The molecule has 0 radical (unpaired) electrons. The van der Waals surface area contributed by atoms with Crippen LogP contribution in [0, 0.1) is 23.7 Å². The van der Waals surface area contributed by atoms with Crippen molar-refractivity contribution in [3.63, 3.8) is 0 Å². The molecule has 0 bridgehead atoms. The van der Waals surface area contributed by atoms with Crippen molar-refractivity contribution >= 4 is 0 Å². The molecule has 0 amide bonds. The summed E-state index contributed by atoms with van der Waals surface area (Å²) in [5, 5.41) is 0. The topological polar surface area (TPSA) is 0 Å². The Morgan fingerprint density at radius 3 is 1.96 bits per heavy atom. The summed E-state index contributed by atoms with van der Waals surface area (Å²) in [5.74, 6) is 0.657. The Bertz CT molecular complexity index is 419. The molecule has 24 heavy (non-hydrogen) atoms. The summed E-state index contributed by atoms with van der Waals surface area (Å²) in [7, 11) is 0. The summed E-state index contributed by atoms with van der Waals surface area (Å²) < 4.78 is 50.5. The quantitative estimate of drug-likeness (QED) is 0.360. The normalized spacial score (nSPS) is 33.1. The van der Waals surface area contributed by atoms with E-state index >= 15 is 0 Å². The molecule has 138 valence electrons. The lowest BCUT2D eigenvalue weighted by Crippen LogP contribution is -2.26. The number of hydrogen-bond donors (Lipinski definition) is 0. The molecule has 2 fully saturated rings. The second-order valence-electron chi connectivity index (χ2n) is 7.61. The van der Waals surface area contributed by atoms with Crippen molar-refractivity contribution in [3.05, 3.63) is 24.1 Å². The molecule has 2 saturated carbocycles. The van der Waals surface area contributed by atoms with Gasteiger partial charge < -0.3 is 0 Å². The van der Waals surface area contributed by atoms with E-state index in [0.717, 1.165) is 18.8 Å². The largest absolute Gasteiger partial charge is 0.412 e. The molecule has 0 N–H and O–H groups in total. The molecule has 0 nitrogen and oxygen atoms in total. The summed E-state index contributed by atoms with van der Waals surface area (Å²) in [4.78, 5) is 0. The average Bonchev–Trinajstić information content (AvgIpc) is 2.54. The zero-order valence-corrected chi connectivity index (χ0v) is 14.6. The molecule has 0 aromatic carbocycles. The lowest BCUT2D eigenvalue weighted by molar-refractivity contribution is -0.0821. The van der Waals surface area contributed by atoms with E-state index in [4.69, 9.17) is 0 Å². The van der Waals surface area contributed by atoms with Gasteiger partial charge in [-0.2, -0.15) is 13.2 Å². The second-order valence-corrected chi connectivity index (χ2v) is 7.61. The van der Waals surface area contributed by atoms with Crippen LogP contribution in [0.4, 0.5) is 17.6 Å². The standard InChI is InChI=1S/C20H30F4/c1-2-3-4-5-15-6-8-16(9-7-15)17-10-12-18(13-11-17)19(21)14-20(22,23)24/h2-3,14-18H,4-13H2,1H3/b3-2+,19-14-. The number of rotatable bonds is 5. The van der Waals surface area contributed by atoms with Crippen LogP contribution < -0.4 is 0 Å². The van der Waals surface area contributed by atoms with Crippen molar-refractivity contribution in [2.75, 3.05) is 0 Å². The number of alkyl halides is 3. The molecule has 2 rings (SSSR count). The highest BCUT2D eigenvalue weighted by Gasteiger charge is 2.33.